The van der Waals surface area contributed by atoms with Gasteiger partial charge in [-0.2, -0.15) is 13.2 Å². The van der Waals surface area contributed by atoms with E-state index in [0.717, 1.165) is 4.57 Å². The molecular formula is C23H21BrF3N3O5. The zero-order valence-corrected chi connectivity index (χ0v) is 20.5. The first kappa shape index (κ1) is 25.0. The number of halogens is 4. The minimum absolute atomic E-state index is 0.104. The Hall–Kier alpha value is -3.12. The van der Waals surface area contributed by atoms with Crippen molar-refractivity contribution in [3.63, 3.8) is 0 Å². The second kappa shape index (κ2) is 9.86. The van der Waals surface area contributed by atoms with Gasteiger partial charge < -0.3 is 18.9 Å². The summed E-state index contributed by atoms with van der Waals surface area (Å²) in [6.07, 6.45) is -7.33. The quantitative estimate of drug-likeness (QED) is 0.387. The lowest BCUT2D eigenvalue weighted by molar-refractivity contribution is -0.147. The minimum atomic E-state index is -4.81. The molecule has 0 amide bonds. The van der Waals surface area contributed by atoms with E-state index in [1.165, 1.54) is 20.3 Å². The molecule has 0 radical (unpaired) electrons. The molecule has 3 aromatic rings. The molecule has 8 nitrogen and oxygen atoms in total. The van der Waals surface area contributed by atoms with Gasteiger partial charge in [0.25, 0.3) is 0 Å². The van der Waals surface area contributed by atoms with Gasteiger partial charge in [-0.15, -0.1) is 10.2 Å². The number of methoxy groups -OCH3 is 2. The van der Waals surface area contributed by atoms with Crippen LogP contribution in [0.5, 0.6) is 11.5 Å². The Kier molecular flexibility index (Phi) is 7.04. The van der Waals surface area contributed by atoms with E-state index >= 15 is 0 Å². The van der Waals surface area contributed by atoms with E-state index < -0.39 is 30.2 Å². The predicted molar refractivity (Wildman–Crippen MR) is 121 cm³/mol. The molecule has 2 aromatic carbocycles. The summed E-state index contributed by atoms with van der Waals surface area (Å²) in [5, 5.41) is 7.19. The molecule has 0 fully saturated rings. The number of hydrogen-bond acceptors (Lipinski definition) is 7. The molecule has 2 atom stereocenters. The Morgan fingerprint density at radius 2 is 1.91 bits per heavy atom. The minimum Gasteiger partial charge on any atom is -0.493 e. The molecule has 186 valence electrons. The SMILES string of the molecule is CCOC(=O)C[C@H]1O[C@H](c2cccc(OC)c2OC)c2cc(Br)ccc2-n2c1nnc2C(F)(F)F. The van der Waals surface area contributed by atoms with Crippen molar-refractivity contribution < 1.29 is 36.9 Å². The third kappa shape index (κ3) is 4.72. The molecule has 1 aromatic heterocycles. The Morgan fingerprint density at radius 1 is 1.14 bits per heavy atom. The van der Waals surface area contributed by atoms with Gasteiger partial charge in [0.2, 0.25) is 5.82 Å². The molecule has 1 aliphatic rings. The highest BCUT2D eigenvalue weighted by Crippen LogP contribution is 2.47. The van der Waals surface area contributed by atoms with Crippen LogP contribution >= 0.6 is 15.9 Å². The summed E-state index contributed by atoms with van der Waals surface area (Å²) in [6, 6.07) is 9.88. The lowest BCUT2D eigenvalue weighted by atomic mass is 9.98. The van der Waals surface area contributed by atoms with Crippen LogP contribution in [-0.2, 0) is 20.4 Å². The van der Waals surface area contributed by atoms with E-state index in [-0.39, 0.29) is 24.5 Å². The number of benzene rings is 2. The van der Waals surface area contributed by atoms with Crippen LogP contribution < -0.4 is 9.47 Å². The van der Waals surface area contributed by atoms with Crippen molar-refractivity contribution in [3.05, 3.63) is 63.6 Å². The molecule has 0 saturated carbocycles. The van der Waals surface area contributed by atoms with Crippen molar-refractivity contribution in [2.75, 3.05) is 20.8 Å². The normalized spacial score (nSPS) is 17.2. The smallest absolute Gasteiger partial charge is 0.452 e. The highest BCUT2D eigenvalue weighted by atomic mass is 79.9. The maximum atomic E-state index is 14.0. The van der Waals surface area contributed by atoms with Gasteiger partial charge in [-0.05, 0) is 31.2 Å². The van der Waals surface area contributed by atoms with E-state index in [4.69, 9.17) is 18.9 Å². The molecule has 4 rings (SSSR count). The van der Waals surface area contributed by atoms with Gasteiger partial charge in [0.15, 0.2) is 17.3 Å². The van der Waals surface area contributed by atoms with Gasteiger partial charge in [-0.1, -0.05) is 28.1 Å². The first-order chi connectivity index (χ1) is 16.7. The number of rotatable bonds is 6. The van der Waals surface area contributed by atoms with Gasteiger partial charge in [0.1, 0.15) is 12.2 Å². The van der Waals surface area contributed by atoms with Gasteiger partial charge in [0.05, 0.1) is 32.9 Å². The first-order valence-electron chi connectivity index (χ1n) is 10.5. The fourth-order valence-corrected chi connectivity index (χ4v) is 4.41. The lowest BCUT2D eigenvalue weighted by Crippen LogP contribution is -2.18. The van der Waals surface area contributed by atoms with E-state index in [1.807, 2.05) is 0 Å². The average Bonchev–Trinajstić information content (AvgIpc) is 3.22. The van der Waals surface area contributed by atoms with Crippen molar-refractivity contribution in [1.82, 2.24) is 14.8 Å². The van der Waals surface area contributed by atoms with E-state index in [9.17, 15) is 18.0 Å². The molecule has 0 unspecified atom stereocenters. The number of carbonyl (C=O) groups excluding carboxylic acids is 1. The zero-order valence-electron chi connectivity index (χ0n) is 18.9. The predicted octanol–water partition coefficient (Wildman–Crippen LogP) is 5.18. The molecule has 0 aliphatic carbocycles. The summed E-state index contributed by atoms with van der Waals surface area (Å²) < 4.78 is 65.7. The molecule has 0 spiro atoms. The number of alkyl halides is 3. The monoisotopic (exact) mass is 555 g/mol. The summed E-state index contributed by atoms with van der Waals surface area (Å²) in [5.74, 6) is -1.30. The maximum absolute atomic E-state index is 14.0. The third-order valence-electron chi connectivity index (χ3n) is 5.42. The van der Waals surface area contributed by atoms with Crippen molar-refractivity contribution >= 4 is 21.9 Å². The Balaban J connectivity index is 2.00. The number of hydrogen-bond donors (Lipinski definition) is 0. The van der Waals surface area contributed by atoms with Crippen LogP contribution in [0.4, 0.5) is 13.2 Å². The third-order valence-corrected chi connectivity index (χ3v) is 5.91. The van der Waals surface area contributed by atoms with Crippen LogP contribution in [-0.4, -0.2) is 41.6 Å². The number of carbonyl (C=O) groups is 1. The molecule has 2 heterocycles. The molecule has 1 aliphatic heterocycles. The number of nitrogens with zero attached hydrogens (tertiary/aromatic N) is 3. The molecule has 0 N–H and O–H groups in total. The van der Waals surface area contributed by atoms with Crippen molar-refractivity contribution in [3.8, 4) is 17.2 Å². The number of ether oxygens (including phenoxy) is 4. The second-order valence-corrected chi connectivity index (χ2v) is 8.43. The summed E-state index contributed by atoms with van der Waals surface area (Å²) in [4.78, 5) is 12.4. The zero-order chi connectivity index (χ0) is 25.3. The molecule has 35 heavy (non-hydrogen) atoms. The van der Waals surface area contributed by atoms with Crippen molar-refractivity contribution in [1.29, 1.82) is 0 Å². The first-order valence-corrected chi connectivity index (χ1v) is 11.3. The fraction of sp³-hybridized carbons (Fsp3) is 0.348. The summed E-state index contributed by atoms with van der Waals surface area (Å²) in [6.45, 7) is 1.74. The number of aromatic nitrogens is 3. The van der Waals surface area contributed by atoms with Gasteiger partial charge >= 0.3 is 12.1 Å². The van der Waals surface area contributed by atoms with Crippen LogP contribution in [0.15, 0.2) is 40.9 Å². The summed E-state index contributed by atoms with van der Waals surface area (Å²) in [7, 11) is 2.92. The van der Waals surface area contributed by atoms with Gasteiger partial charge in [-0.25, -0.2) is 0 Å². The topological polar surface area (TPSA) is 84.7 Å². The van der Waals surface area contributed by atoms with E-state index in [2.05, 4.69) is 26.1 Å². The number of esters is 1. The molecular weight excluding hydrogens is 535 g/mol. The Morgan fingerprint density at radius 3 is 2.57 bits per heavy atom. The van der Waals surface area contributed by atoms with Crippen LogP contribution in [0.2, 0.25) is 0 Å². The van der Waals surface area contributed by atoms with E-state index in [0.29, 0.717) is 27.1 Å². The molecule has 0 saturated heterocycles. The van der Waals surface area contributed by atoms with Crippen molar-refractivity contribution in [2.24, 2.45) is 0 Å². The van der Waals surface area contributed by atoms with Crippen molar-refractivity contribution in [2.45, 2.75) is 31.7 Å². The average molecular weight is 556 g/mol. The fourth-order valence-electron chi connectivity index (χ4n) is 4.03. The highest BCUT2D eigenvalue weighted by Gasteiger charge is 2.44. The summed E-state index contributed by atoms with van der Waals surface area (Å²) >= 11 is 3.40. The number of para-hydroxylation sites is 1. The van der Waals surface area contributed by atoms with Crippen LogP contribution in [0.1, 0.15) is 48.3 Å². The van der Waals surface area contributed by atoms with Crippen LogP contribution in [0.3, 0.4) is 0 Å². The van der Waals surface area contributed by atoms with Crippen LogP contribution in [0, 0.1) is 0 Å². The standard InChI is InChI=1S/C23H21BrF3N3O5/c1-4-34-18(31)11-17-21-28-29-22(23(25,26)27)30(21)15-9-8-12(24)10-14(15)19(35-17)13-6-5-7-16(32-2)20(13)33-3/h5-10,17,19H,4,11H2,1-3H3/t17-,19-/m1/s1. The molecule has 12 heteroatoms. The maximum Gasteiger partial charge on any atom is 0.452 e. The van der Waals surface area contributed by atoms with Gasteiger partial charge in [-0.3, -0.25) is 9.36 Å². The number of fused-ring (bicyclic) bond motifs is 3. The Labute approximate surface area is 207 Å². The van der Waals surface area contributed by atoms with Crippen LogP contribution in [0.25, 0.3) is 5.69 Å². The highest BCUT2D eigenvalue weighted by molar-refractivity contribution is 9.10. The van der Waals surface area contributed by atoms with Gasteiger partial charge in [0, 0.05) is 15.6 Å². The molecule has 0 bridgehead atoms. The Bertz CT molecular complexity index is 1250. The van der Waals surface area contributed by atoms with E-state index in [1.54, 1.807) is 37.3 Å². The largest absolute Gasteiger partial charge is 0.493 e. The lowest BCUT2D eigenvalue weighted by Gasteiger charge is -2.24. The second-order valence-electron chi connectivity index (χ2n) is 7.51. The summed E-state index contributed by atoms with van der Waals surface area (Å²) in [5.41, 5.74) is 1.03.